The Bertz CT molecular complexity index is 744. The molecule has 0 aliphatic carbocycles. The van der Waals surface area contributed by atoms with Gasteiger partial charge in [-0.3, -0.25) is 10.1 Å². The number of carbonyl (C=O) groups excluding carboxylic acids is 2. The number of urea groups is 1. The van der Waals surface area contributed by atoms with Crippen LogP contribution in [0.2, 0.25) is 0 Å². The fourth-order valence-electron chi connectivity index (χ4n) is 2.08. The maximum atomic E-state index is 12.0. The molecular formula is C16H21N5O2S. The van der Waals surface area contributed by atoms with Gasteiger partial charge in [-0.05, 0) is 26.8 Å². The summed E-state index contributed by atoms with van der Waals surface area (Å²) in [5.74, 6) is 0.364. The normalized spacial score (nSPS) is 11.8. The lowest BCUT2D eigenvalue weighted by Crippen LogP contribution is -2.42. The molecule has 0 radical (unpaired) electrons. The highest BCUT2D eigenvalue weighted by Crippen LogP contribution is 2.26. The minimum Gasteiger partial charge on any atom is -0.338 e. The van der Waals surface area contributed by atoms with Crippen LogP contribution < -0.4 is 10.6 Å². The van der Waals surface area contributed by atoms with E-state index in [0.717, 1.165) is 17.0 Å². The van der Waals surface area contributed by atoms with Crippen molar-refractivity contribution in [2.24, 2.45) is 7.05 Å². The van der Waals surface area contributed by atoms with Gasteiger partial charge in [-0.15, -0.1) is 10.2 Å². The zero-order valence-corrected chi connectivity index (χ0v) is 15.0. The molecule has 2 N–H and O–H groups in total. The highest BCUT2D eigenvalue weighted by atomic mass is 32.2. The molecule has 7 nitrogen and oxygen atoms in total. The summed E-state index contributed by atoms with van der Waals surface area (Å²) >= 11 is 1.26. The summed E-state index contributed by atoms with van der Waals surface area (Å²) in [6.07, 6.45) is 0. The van der Waals surface area contributed by atoms with Crippen molar-refractivity contribution in [3.63, 3.8) is 0 Å². The van der Waals surface area contributed by atoms with Gasteiger partial charge in [0.15, 0.2) is 11.0 Å². The van der Waals surface area contributed by atoms with Gasteiger partial charge >= 0.3 is 6.03 Å². The number of hydrogen-bond donors (Lipinski definition) is 2. The number of carbonyl (C=O) groups is 2. The number of aromatic nitrogens is 3. The van der Waals surface area contributed by atoms with Gasteiger partial charge in [0.2, 0.25) is 5.91 Å². The SMILES string of the molecule is CCNC(=O)NC(=O)[C@@H](C)Sc1nnc(-c2cccc(C)c2)n1C. The van der Waals surface area contributed by atoms with Crippen LogP contribution in [0.1, 0.15) is 19.4 Å². The molecule has 0 saturated heterocycles. The molecule has 0 spiro atoms. The van der Waals surface area contributed by atoms with Crippen LogP contribution in [-0.2, 0) is 11.8 Å². The molecular weight excluding hydrogens is 326 g/mol. The number of aryl methyl sites for hydroxylation is 1. The summed E-state index contributed by atoms with van der Waals surface area (Å²) in [5, 5.41) is 13.3. The van der Waals surface area contributed by atoms with E-state index in [1.807, 2.05) is 42.8 Å². The maximum Gasteiger partial charge on any atom is 0.321 e. The lowest BCUT2D eigenvalue weighted by molar-refractivity contribution is -0.119. The largest absolute Gasteiger partial charge is 0.338 e. The summed E-state index contributed by atoms with van der Waals surface area (Å²) in [4.78, 5) is 23.4. The van der Waals surface area contributed by atoms with Crippen LogP contribution in [0.5, 0.6) is 0 Å². The molecule has 1 atom stereocenters. The number of benzene rings is 1. The van der Waals surface area contributed by atoms with E-state index in [4.69, 9.17) is 0 Å². The van der Waals surface area contributed by atoms with Crippen molar-refractivity contribution in [3.8, 4) is 11.4 Å². The molecule has 128 valence electrons. The van der Waals surface area contributed by atoms with E-state index < -0.39 is 11.3 Å². The zero-order chi connectivity index (χ0) is 17.7. The van der Waals surface area contributed by atoms with Crippen molar-refractivity contribution in [1.29, 1.82) is 0 Å². The van der Waals surface area contributed by atoms with E-state index in [-0.39, 0.29) is 5.91 Å². The standard InChI is InChI=1S/C16H21N5O2S/c1-5-17-15(23)18-14(22)11(3)24-16-20-19-13(21(16)4)12-8-6-7-10(2)9-12/h6-9,11H,5H2,1-4H3,(H2,17,18,22,23)/t11-/m1/s1. The van der Waals surface area contributed by atoms with Crippen LogP contribution in [0.4, 0.5) is 4.79 Å². The average molecular weight is 347 g/mol. The predicted molar refractivity (Wildman–Crippen MR) is 93.7 cm³/mol. The summed E-state index contributed by atoms with van der Waals surface area (Å²) in [5.41, 5.74) is 2.11. The second-order valence-corrected chi connectivity index (χ2v) is 6.65. The molecule has 24 heavy (non-hydrogen) atoms. The lowest BCUT2D eigenvalue weighted by atomic mass is 10.1. The van der Waals surface area contributed by atoms with E-state index in [9.17, 15) is 9.59 Å². The van der Waals surface area contributed by atoms with E-state index in [2.05, 4.69) is 20.8 Å². The van der Waals surface area contributed by atoms with Crippen LogP contribution >= 0.6 is 11.8 Å². The number of rotatable bonds is 5. The van der Waals surface area contributed by atoms with Gasteiger partial charge in [-0.1, -0.05) is 35.5 Å². The minimum absolute atomic E-state index is 0.369. The Morgan fingerprint density at radius 3 is 2.75 bits per heavy atom. The molecule has 8 heteroatoms. The monoisotopic (exact) mass is 347 g/mol. The van der Waals surface area contributed by atoms with E-state index in [0.29, 0.717) is 11.7 Å². The van der Waals surface area contributed by atoms with Crippen molar-refractivity contribution in [1.82, 2.24) is 25.4 Å². The maximum absolute atomic E-state index is 12.0. The molecule has 0 aliphatic heterocycles. The summed E-state index contributed by atoms with van der Waals surface area (Å²) in [6.45, 7) is 5.99. The Kier molecular flexibility index (Phi) is 5.97. The predicted octanol–water partition coefficient (Wildman–Crippen LogP) is 2.12. The quantitative estimate of drug-likeness (QED) is 0.809. The van der Waals surface area contributed by atoms with Gasteiger partial charge in [0.05, 0.1) is 5.25 Å². The van der Waals surface area contributed by atoms with Gasteiger partial charge in [0, 0.05) is 19.2 Å². The van der Waals surface area contributed by atoms with Crippen molar-refractivity contribution in [2.75, 3.05) is 6.54 Å². The van der Waals surface area contributed by atoms with Crippen LogP contribution in [-0.4, -0.2) is 38.5 Å². The first kappa shape index (κ1) is 18.0. The number of imide groups is 1. The lowest BCUT2D eigenvalue weighted by Gasteiger charge is -2.11. The molecule has 1 heterocycles. The summed E-state index contributed by atoms with van der Waals surface area (Å²) in [6, 6.07) is 7.49. The number of hydrogen-bond acceptors (Lipinski definition) is 5. The minimum atomic E-state index is -0.492. The van der Waals surface area contributed by atoms with Gasteiger partial charge < -0.3 is 9.88 Å². The highest BCUT2D eigenvalue weighted by molar-refractivity contribution is 8.00. The average Bonchev–Trinajstić information content (AvgIpc) is 2.88. The molecule has 2 aromatic rings. The Morgan fingerprint density at radius 1 is 1.33 bits per heavy atom. The fourth-order valence-corrected chi connectivity index (χ4v) is 2.90. The third kappa shape index (κ3) is 4.35. The molecule has 0 saturated carbocycles. The number of amides is 3. The zero-order valence-electron chi connectivity index (χ0n) is 14.2. The van der Waals surface area contributed by atoms with Crippen LogP contribution in [0.15, 0.2) is 29.4 Å². The highest BCUT2D eigenvalue weighted by Gasteiger charge is 2.20. The van der Waals surface area contributed by atoms with Crippen molar-refractivity contribution in [2.45, 2.75) is 31.2 Å². The Morgan fingerprint density at radius 2 is 2.08 bits per heavy atom. The van der Waals surface area contributed by atoms with Gasteiger partial charge in [-0.25, -0.2) is 4.79 Å². The summed E-state index contributed by atoms with van der Waals surface area (Å²) in [7, 11) is 1.86. The Balaban J connectivity index is 2.08. The molecule has 2 rings (SSSR count). The summed E-state index contributed by atoms with van der Waals surface area (Å²) < 4.78 is 1.84. The molecule has 0 fully saturated rings. The van der Waals surface area contributed by atoms with E-state index >= 15 is 0 Å². The van der Waals surface area contributed by atoms with E-state index in [1.54, 1.807) is 13.8 Å². The van der Waals surface area contributed by atoms with Crippen LogP contribution in [0.25, 0.3) is 11.4 Å². The van der Waals surface area contributed by atoms with Crippen molar-refractivity contribution >= 4 is 23.7 Å². The first-order valence-corrected chi connectivity index (χ1v) is 8.52. The smallest absolute Gasteiger partial charge is 0.321 e. The fraction of sp³-hybridized carbons (Fsp3) is 0.375. The Labute approximate surface area is 145 Å². The topological polar surface area (TPSA) is 88.9 Å². The first-order chi connectivity index (χ1) is 11.4. The third-order valence-corrected chi connectivity index (χ3v) is 4.47. The molecule has 0 aliphatic rings. The van der Waals surface area contributed by atoms with Gasteiger partial charge in [0.1, 0.15) is 0 Å². The number of thioether (sulfide) groups is 1. The Hall–Kier alpha value is -2.35. The van der Waals surface area contributed by atoms with E-state index in [1.165, 1.54) is 11.8 Å². The molecule has 0 bridgehead atoms. The second-order valence-electron chi connectivity index (χ2n) is 5.34. The number of nitrogens with zero attached hydrogens (tertiary/aromatic N) is 3. The van der Waals surface area contributed by atoms with Crippen LogP contribution in [0, 0.1) is 6.92 Å². The van der Waals surface area contributed by atoms with Gasteiger partial charge in [-0.2, -0.15) is 0 Å². The third-order valence-electron chi connectivity index (χ3n) is 3.34. The molecule has 1 aromatic heterocycles. The first-order valence-electron chi connectivity index (χ1n) is 7.64. The van der Waals surface area contributed by atoms with Crippen molar-refractivity contribution in [3.05, 3.63) is 29.8 Å². The van der Waals surface area contributed by atoms with Gasteiger partial charge in [0.25, 0.3) is 0 Å². The second kappa shape index (κ2) is 7.96. The number of nitrogens with one attached hydrogen (secondary N) is 2. The van der Waals surface area contributed by atoms with Crippen LogP contribution in [0.3, 0.4) is 0 Å². The van der Waals surface area contributed by atoms with Crippen molar-refractivity contribution < 1.29 is 9.59 Å². The molecule has 1 aromatic carbocycles. The molecule has 0 unspecified atom stereocenters. The molecule has 3 amide bonds.